The number of hydrogen-bond donors (Lipinski definition) is 0. The predicted molar refractivity (Wildman–Crippen MR) is 111 cm³/mol. The number of nitrogens with zero attached hydrogens (tertiary/aromatic N) is 1. The molecule has 1 saturated heterocycles. The van der Waals surface area contributed by atoms with Crippen LogP contribution in [0.2, 0.25) is 0 Å². The van der Waals surface area contributed by atoms with Crippen LogP contribution >= 0.6 is 0 Å². The lowest BCUT2D eigenvalue weighted by molar-refractivity contribution is -0.128. The Morgan fingerprint density at radius 3 is 2.34 bits per heavy atom. The first-order valence-electron chi connectivity index (χ1n) is 10.2. The van der Waals surface area contributed by atoms with Gasteiger partial charge in [0.05, 0.1) is 5.56 Å². The standard InChI is InChI=1S/C24H27NO4/c1-3-17-7-10-19(4-2)21(14-17)22(26)16-29-24(28)20-11-8-18(9-12-20)15-25-13-5-6-23(25)27/h7-12,14H,3-6,13,15-16H2,1-2H3. The van der Waals surface area contributed by atoms with E-state index in [-0.39, 0.29) is 18.3 Å². The minimum atomic E-state index is -0.521. The first kappa shape index (κ1) is 20.8. The molecule has 0 aliphatic carbocycles. The van der Waals surface area contributed by atoms with Crippen molar-refractivity contribution in [3.8, 4) is 0 Å². The molecule has 1 fully saturated rings. The summed E-state index contributed by atoms with van der Waals surface area (Å²) in [5.74, 6) is -0.535. The minimum absolute atomic E-state index is 0.172. The summed E-state index contributed by atoms with van der Waals surface area (Å²) in [5.41, 5.74) is 4.04. The first-order valence-corrected chi connectivity index (χ1v) is 10.2. The van der Waals surface area contributed by atoms with Gasteiger partial charge in [0.25, 0.3) is 0 Å². The van der Waals surface area contributed by atoms with E-state index >= 15 is 0 Å². The molecule has 2 aromatic carbocycles. The Labute approximate surface area is 171 Å². The number of rotatable bonds is 8. The van der Waals surface area contributed by atoms with E-state index in [9.17, 15) is 14.4 Å². The normalized spacial score (nSPS) is 13.6. The van der Waals surface area contributed by atoms with Gasteiger partial charge in [0.1, 0.15) is 0 Å². The van der Waals surface area contributed by atoms with Gasteiger partial charge in [-0.05, 0) is 54.2 Å². The number of benzene rings is 2. The lowest BCUT2D eigenvalue weighted by atomic mass is 9.98. The maximum Gasteiger partial charge on any atom is 0.338 e. The highest BCUT2D eigenvalue weighted by atomic mass is 16.5. The molecule has 0 spiro atoms. The SMILES string of the molecule is CCc1ccc(CC)c(C(=O)COC(=O)c2ccc(CN3CCCC3=O)cc2)c1. The van der Waals surface area contributed by atoms with Crippen molar-refractivity contribution in [2.24, 2.45) is 0 Å². The van der Waals surface area contributed by atoms with Crippen molar-refractivity contribution in [3.05, 3.63) is 70.3 Å². The van der Waals surface area contributed by atoms with Crippen molar-refractivity contribution in [2.45, 2.75) is 46.1 Å². The number of hydrogen-bond acceptors (Lipinski definition) is 4. The summed E-state index contributed by atoms with van der Waals surface area (Å²) in [6, 6.07) is 12.9. The maximum absolute atomic E-state index is 12.6. The second-order valence-electron chi connectivity index (χ2n) is 7.31. The number of ether oxygens (including phenoxy) is 1. The molecule has 0 aromatic heterocycles. The molecule has 5 heteroatoms. The molecule has 3 rings (SSSR count). The van der Waals surface area contributed by atoms with E-state index in [2.05, 4.69) is 0 Å². The van der Waals surface area contributed by atoms with Gasteiger partial charge in [-0.15, -0.1) is 0 Å². The number of ketones is 1. The number of carbonyl (C=O) groups excluding carboxylic acids is 3. The molecule has 1 aliphatic heterocycles. The lowest BCUT2D eigenvalue weighted by Gasteiger charge is -2.15. The average molecular weight is 393 g/mol. The number of Topliss-reactive ketones (excluding diaryl/α,β-unsaturated/α-hetero) is 1. The third-order valence-electron chi connectivity index (χ3n) is 5.33. The van der Waals surface area contributed by atoms with Gasteiger partial charge < -0.3 is 9.64 Å². The van der Waals surface area contributed by atoms with Crippen LogP contribution < -0.4 is 0 Å². The largest absolute Gasteiger partial charge is 0.454 e. The highest BCUT2D eigenvalue weighted by molar-refractivity contribution is 6.00. The Kier molecular flexibility index (Phi) is 6.81. The third-order valence-corrected chi connectivity index (χ3v) is 5.33. The summed E-state index contributed by atoms with van der Waals surface area (Å²) in [5, 5.41) is 0. The van der Waals surface area contributed by atoms with Crippen molar-refractivity contribution in [3.63, 3.8) is 0 Å². The minimum Gasteiger partial charge on any atom is -0.454 e. The lowest BCUT2D eigenvalue weighted by Crippen LogP contribution is -2.23. The van der Waals surface area contributed by atoms with Crippen molar-refractivity contribution in [2.75, 3.05) is 13.2 Å². The molecule has 0 saturated carbocycles. The quantitative estimate of drug-likeness (QED) is 0.503. The van der Waals surface area contributed by atoms with Crippen LogP contribution in [0.5, 0.6) is 0 Å². The van der Waals surface area contributed by atoms with Crippen molar-refractivity contribution in [1.82, 2.24) is 4.90 Å². The summed E-state index contributed by atoms with van der Waals surface area (Å²) in [4.78, 5) is 38.5. The van der Waals surface area contributed by atoms with Crippen LogP contribution in [0, 0.1) is 0 Å². The van der Waals surface area contributed by atoms with Gasteiger partial charge in [-0.3, -0.25) is 9.59 Å². The van der Waals surface area contributed by atoms with Gasteiger partial charge in [-0.2, -0.15) is 0 Å². The summed E-state index contributed by atoms with van der Waals surface area (Å²) in [6.07, 6.45) is 3.11. The highest BCUT2D eigenvalue weighted by Crippen LogP contribution is 2.17. The van der Waals surface area contributed by atoms with E-state index in [1.807, 2.05) is 49.1 Å². The molecule has 0 radical (unpaired) electrons. The summed E-state index contributed by atoms with van der Waals surface area (Å²) < 4.78 is 5.25. The van der Waals surface area contributed by atoms with Gasteiger partial charge >= 0.3 is 5.97 Å². The fourth-order valence-corrected chi connectivity index (χ4v) is 3.54. The van der Waals surface area contributed by atoms with Crippen molar-refractivity contribution in [1.29, 1.82) is 0 Å². The first-order chi connectivity index (χ1) is 14.0. The summed E-state index contributed by atoms with van der Waals surface area (Å²) >= 11 is 0. The zero-order valence-corrected chi connectivity index (χ0v) is 17.1. The van der Waals surface area contributed by atoms with Gasteiger partial charge in [-0.25, -0.2) is 4.79 Å². The van der Waals surface area contributed by atoms with E-state index in [4.69, 9.17) is 4.74 Å². The van der Waals surface area contributed by atoms with Crippen LogP contribution in [-0.2, 0) is 28.9 Å². The fourth-order valence-electron chi connectivity index (χ4n) is 3.54. The molecule has 1 amide bonds. The molecular formula is C24H27NO4. The van der Waals surface area contributed by atoms with Gasteiger partial charge in [0.15, 0.2) is 6.61 Å². The molecule has 152 valence electrons. The number of carbonyl (C=O) groups is 3. The Morgan fingerprint density at radius 2 is 1.72 bits per heavy atom. The van der Waals surface area contributed by atoms with E-state index in [0.29, 0.717) is 24.1 Å². The second-order valence-corrected chi connectivity index (χ2v) is 7.31. The van der Waals surface area contributed by atoms with Crippen LogP contribution in [0.15, 0.2) is 42.5 Å². The van der Waals surface area contributed by atoms with Crippen LogP contribution in [0.3, 0.4) is 0 Å². The van der Waals surface area contributed by atoms with E-state index in [1.165, 1.54) is 0 Å². The zero-order valence-electron chi connectivity index (χ0n) is 17.1. The number of esters is 1. The van der Waals surface area contributed by atoms with E-state index in [1.54, 1.807) is 12.1 Å². The fraction of sp³-hybridized carbons (Fsp3) is 0.375. The van der Waals surface area contributed by atoms with Gasteiger partial charge in [-0.1, -0.05) is 38.1 Å². The van der Waals surface area contributed by atoms with E-state index < -0.39 is 5.97 Å². The van der Waals surface area contributed by atoms with Crippen LogP contribution in [0.25, 0.3) is 0 Å². The molecule has 0 atom stereocenters. The molecule has 1 heterocycles. The second kappa shape index (κ2) is 9.50. The molecule has 29 heavy (non-hydrogen) atoms. The number of likely N-dealkylation sites (tertiary alicyclic amines) is 1. The zero-order chi connectivity index (χ0) is 20.8. The van der Waals surface area contributed by atoms with Gasteiger partial charge in [0, 0.05) is 25.1 Å². The highest BCUT2D eigenvalue weighted by Gasteiger charge is 2.20. The topological polar surface area (TPSA) is 63.7 Å². The van der Waals surface area contributed by atoms with Crippen LogP contribution in [0.1, 0.15) is 64.1 Å². The molecule has 5 nitrogen and oxygen atoms in total. The number of aryl methyl sites for hydroxylation is 2. The average Bonchev–Trinajstić information content (AvgIpc) is 3.16. The monoisotopic (exact) mass is 393 g/mol. The summed E-state index contributed by atoms with van der Waals surface area (Å²) in [7, 11) is 0. The molecule has 0 bridgehead atoms. The third kappa shape index (κ3) is 5.11. The Bertz CT molecular complexity index is 902. The van der Waals surface area contributed by atoms with Crippen molar-refractivity contribution >= 4 is 17.7 Å². The Balaban J connectivity index is 1.59. The molecule has 0 unspecified atom stereocenters. The van der Waals surface area contributed by atoms with Crippen LogP contribution in [-0.4, -0.2) is 35.7 Å². The molecule has 0 N–H and O–H groups in total. The van der Waals surface area contributed by atoms with Crippen LogP contribution in [0.4, 0.5) is 0 Å². The number of amides is 1. The van der Waals surface area contributed by atoms with E-state index in [0.717, 1.165) is 42.5 Å². The maximum atomic E-state index is 12.6. The summed E-state index contributed by atoms with van der Waals surface area (Å²) in [6.45, 7) is 5.10. The smallest absolute Gasteiger partial charge is 0.338 e. The Morgan fingerprint density at radius 1 is 1.00 bits per heavy atom. The van der Waals surface area contributed by atoms with Gasteiger partial charge in [0.2, 0.25) is 11.7 Å². The molecule has 2 aromatic rings. The predicted octanol–water partition coefficient (Wildman–Crippen LogP) is 3.97. The Hall–Kier alpha value is -2.95. The molecule has 1 aliphatic rings. The molecular weight excluding hydrogens is 366 g/mol. The van der Waals surface area contributed by atoms with Crippen molar-refractivity contribution < 1.29 is 19.1 Å².